The summed E-state index contributed by atoms with van der Waals surface area (Å²) < 4.78 is 5.37. The molecule has 122 valence electrons. The number of thiophene rings is 1. The van der Waals surface area contributed by atoms with Crippen molar-refractivity contribution < 1.29 is 19.1 Å². The average molecular weight is 333 g/mol. The molecule has 1 amide bonds. The third-order valence-corrected chi connectivity index (χ3v) is 5.16. The van der Waals surface area contributed by atoms with Crippen LogP contribution in [0.2, 0.25) is 0 Å². The van der Waals surface area contributed by atoms with Crippen molar-refractivity contribution in [3.63, 3.8) is 0 Å². The largest absolute Gasteiger partial charge is 0.481 e. The lowest BCUT2D eigenvalue weighted by atomic mass is 10.0. The minimum absolute atomic E-state index is 0.0264. The number of hydrogen-bond donors (Lipinski definition) is 1. The molecule has 0 aromatic carbocycles. The standard InChI is InChI=1S/C17H19NO4S/c19-16(12-5-6-13(9-12)17(20)21)18(10-14-3-1-7-22-14)11-15-4-2-8-23-15/h1-4,7-8,12-13H,5-6,9-11H2,(H,20,21)/t12-,13+/m0/s1. The third kappa shape index (κ3) is 3.82. The fourth-order valence-electron chi connectivity index (χ4n) is 3.08. The first-order valence-electron chi connectivity index (χ1n) is 7.70. The second-order valence-corrected chi connectivity index (χ2v) is 6.93. The molecule has 0 aliphatic heterocycles. The van der Waals surface area contributed by atoms with E-state index in [1.165, 1.54) is 0 Å². The minimum atomic E-state index is -0.795. The fourth-order valence-corrected chi connectivity index (χ4v) is 3.80. The Bertz CT molecular complexity index is 614. The molecule has 5 nitrogen and oxygen atoms in total. The second kappa shape index (κ2) is 7.00. The number of carbonyl (C=O) groups is 2. The molecule has 3 rings (SSSR count). The summed E-state index contributed by atoms with van der Waals surface area (Å²) in [5.74, 6) is -0.625. The molecule has 1 saturated carbocycles. The molecule has 1 N–H and O–H groups in total. The van der Waals surface area contributed by atoms with E-state index in [-0.39, 0.29) is 11.8 Å². The molecule has 2 atom stereocenters. The molecule has 0 bridgehead atoms. The lowest BCUT2D eigenvalue weighted by Crippen LogP contribution is -2.34. The van der Waals surface area contributed by atoms with Gasteiger partial charge in [-0.1, -0.05) is 6.07 Å². The molecule has 1 fully saturated rings. The Morgan fingerprint density at radius 1 is 1.22 bits per heavy atom. The Balaban J connectivity index is 1.71. The van der Waals surface area contributed by atoms with E-state index < -0.39 is 11.9 Å². The van der Waals surface area contributed by atoms with Crippen molar-refractivity contribution in [1.29, 1.82) is 0 Å². The van der Waals surface area contributed by atoms with Crippen LogP contribution in [0.3, 0.4) is 0 Å². The van der Waals surface area contributed by atoms with E-state index in [1.807, 2.05) is 23.6 Å². The summed E-state index contributed by atoms with van der Waals surface area (Å²) >= 11 is 1.61. The molecule has 0 unspecified atom stereocenters. The van der Waals surface area contributed by atoms with Gasteiger partial charge in [-0.2, -0.15) is 0 Å². The van der Waals surface area contributed by atoms with E-state index in [4.69, 9.17) is 9.52 Å². The van der Waals surface area contributed by atoms with E-state index in [0.29, 0.717) is 32.4 Å². The molecule has 6 heteroatoms. The number of furan rings is 1. The number of carboxylic acid groups (broad SMARTS) is 1. The van der Waals surface area contributed by atoms with Gasteiger partial charge in [0.05, 0.1) is 25.3 Å². The summed E-state index contributed by atoms with van der Waals surface area (Å²) in [6.07, 6.45) is 3.26. The van der Waals surface area contributed by atoms with Gasteiger partial charge in [0.15, 0.2) is 0 Å². The Morgan fingerprint density at radius 3 is 2.65 bits per heavy atom. The number of rotatable bonds is 6. The highest BCUT2D eigenvalue weighted by Gasteiger charge is 2.36. The topological polar surface area (TPSA) is 70.8 Å². The van der Waals surface area contributed by atoms with Crippen LogP contribution in [0.15, 0.2) is 40.3 Å². The average Bonchev–Trinajstić information content (AvgIpc) is 3.28. The normalized spacial score (nSPS) is 20.5. The van der Waals surface area contributed by atoms with E-state index in [9.17, 15) is 9.59 Å². The molecule has 0 saturated heterocycles. The van der Waals surface area contributed by atoms with E-state index in [0.717, 1.165) is 10.6 Å². The summed E-state index contributed by atoms with van der Waals surface area (Å²) in [6.45, 7) is 0.948. The van der Waals surface area contributed by atoms with Gasteiger partial charge in [0.2, 0.25) is 5.91 Å². The van der Waals surface area contributed by atoms with Crippen molar-refractivity contribution >= 4 is 23.2 Å². The summed E-state index contributed by atoms with van der Waals surface area (Å²) in [7, 11) is 0. The van der Waals surface area contributed by atoms with Gasteiger partial charge < -0.3 is 14.4 Å². The highest BCUT2D eigenvalue weighted by Crippen LogP contribution is 2.33. The van der Waals surface area contributed by atoms with Gasteiger partial charge in [0, 0.05) is 10.8 Å². The maximum absolute atomic E-state index is 12.9. The van der Waals surface area contributed by atoms with Crippen molar-refractivity contribution in [2.24, 2.45) is 11.8 Å². The van der Waals surface area contributed by atoms with Gasteiger partial charge in [-0.15, -0.1) is 11.3 Å². The van der Waals surface area contributed by atoms with Gasteiger partial charge in [-0.3, -0.25) is 9.59 Å². The molecular weight excluding hydrogens is 314 g/mol. The van der Waals surface area contributed by atoms with Crippen LogP contribution in [-0.2, 0) is 22.7 Å². The molecule has 2 heterocycles. The maximum atomic E-state index is 12.9. The van der Waals surface area contributed by atoms with E-state index >= 15 is 0 Å². The quantitative estimate of drug-likeness (QED) is 0.880. The van der Waals surface area contributed by atoms with Crippen molar-refractivity contribution in [1.82, 2.24) is 4.90 Å². The predicted molar refractivity (Wildman–Crippen MR) is 85.7 cm³/mol. The predicted octanol–water partition coefficient (Wildman–Crippen LogP) is 3.37. The molecule has 1 aliphatic rings. The van der Waals surface area contributed by atoms with Crippen molar-refractivity contribution in [3.05, 3.63) is 46.5 Å². The molecule has 1 aliphatic carbocycles. The SMILES string of the molecule is O=C(O)[C@@H]1CC[C@H](C(=O)N(Cc2ccco2)Cc2cccs2)C1. The van der Waals surface area contributed by atoms with E-state index in [1.54, 1.807) is 28.6 Å². The van der Waals surface area contributed by atoms with Crippen LogP contribution in [0.5, 0.6) is 0 Å². The number of nitrogens with zero attached hydrogens (tertiary/aromatic N) is 1. The lowest BCUT2D eigenvalue weighted by molar-refractivity contribution is -0.142. The number of amides is 1. The zero-order valence-electron chi connectivity index (χ0n) is 12.7. The van der Waals surface area contributed by atoms with Gasteiger partial charge in [-0.25, -0.2) is 0 Å². The number of hydrogen-bond acceptors (Lipinski definition) is 4. The first kappa shape index (κ1) is 15.8. The summed E-state index contributed by atoms with van der Waals surface area (Å²) in [5.41, 5.74) is 0. The van der Waals surface area contributed by atoms with Crippen LogP contribution in [-0.4, -0.2) is 21.9 Å². The Kier molecular flexibility index (Phi) is 4.81. The van der Waals surface area contributed by atoms with Crippen LogP contribution >= 0.6 is 11.3 Å². The second-order valence-electron chi connectivity index (χ2n) is 5.90. The third-order valence-electron chi connectivity index (χ3n) is 4.30. The van der Waals surface area contributed by atoms with Crippen LogP contribution in [0.25, 0.3) is 0 Å². The van der Waals surface area contributed by atoms with Gasteiger partial charge in [-0.05, 0) is 42.8 Å². The number of aliphatic carboxylic acids is 1. The molecule has 2 aromatic heterocycles. The fraction of sp³-hybridized carbons (Fsp3) is 0.412. The zero-order chi connectivity index (χ0) is 16.2. The lowest BCUT2D eigenvalue weighted by Gasteiger charge is -2.24. The minimum Gasteiger partial charge on any atom is -0.481 e. The van der Waals surface area contributed by atoms with E-state index in [2.05, 4.69) is 0 Å². The molecule has 2 aromatic rings. The molecular formula is C17H19NO4S. The maximum Gasteiger partial charge on any atom is 0.306 e. The molecule has 23 heavy (non-hydrogen) atoms. The Labute approximate surface area is 138 Å². The summed E-state index contributed by atoms with van der Waals surface area (Å²) in [5, 5.41) is 11.1. The van der Waals surface area contributed by atoms with Gasteiger partial charge in [0.1, 0.15) is 5.76 Å². The van der Waals surface area contributed by atoms with Crippen LogP contribution in [0, 0.1) is 11.8 Å². The highest BCUT2D eigenvalue weighted by molar-refractivity contribution is 7.09. The Hall–Kier alpha value is -2.08. The molecule has 0 radical (unpaired) electrons. The first-order chi connectivity index (χ1) is 11.1. The van der Waals surface area contributed by atoms with Gasteiger partial charge >= 0.3 is 5.97 Å². The molecule has 0 spiro atoms. The summed E-state index contributed by atoms with van der Waals surface area (Å²) in [4.78, 5) is 26.9. The van der Waals surface area contributed by atoms with Crippen molar-refractivity contribution in [3.8, 4) is 0 Å². The van der Waals surface area contributed by atoms with Crippen LogP contribution in [0.1, 0.15) is 29.9 Å². The summed E-state index contributed by atoms with van der Waals surface area (Å²) in [6, 6.07) is 7.62. The number of carboxylic acids is 1. The van der Waals surface area contributed by atoms with Crippen molar-refractivity contribution in [2.75, 3.05) is 0 Å². The zero-order valence-corrected chi connectivity index (χ0v) is 13.5. The van der Waals surface area contributed by atoms with Gasteiger partial charge in [0.25, 0.3) is 0 Å². The highest BCUT2D eigenvalue weighted by atomic mass is 32.1. The van der Waals surface area contributed by atoms with Crippen molar-refractivity contribution in [2.45, 2.75) is 32.4 Å². The van der Waals surface area contributed by atoms with Crippen LogP contribution < -0.4 is 0 Å². The number of carbonyl (C=O) groups excluding carboxylic acids is 1. The monoisotopic (exact) mass is 333 g/mol. The smallest absolute Gasteiger partial charge is 0.306 e. The Morgan fingerprint density at radius 2 is 2.04 bits per heavy atom. The first-order valence-corrected chi connectivity index (χ1v) is 8.58. The van der Waals surface area contributed by atoms with Crippen LogP contribution in [0.4, 0.5) is 0 Å².